The van der Waals surface area contributed by atoms with Gasteiger partial charge in [0, 0.05) is 26.2 Å². The molecule has 1 aliphatic heterocycles. The SMILES string of the molecule is O=C(N1CCCC1)N(CC1CC1)CC1CC1. The molecule has 0 N–H and O–H groups in total. The third kappa shape index (κ3) is 2.50. The van der Waals surface area contributed by atoms with Crippen LogP contribution in [-0.4, -0.2) is 42.0 Å². The molecule has 1 heterocycles. The van der Waals surface area contributed by atoms with Crippen LogP contribution in [0.3, 0.4) is 0 Å². The first-order chi connectivity index (χ1) is 7.83. The molecule has 90 valence electrons. The van der Waals surface area contributed by atoms with E-state index in [0.717, 1.165) is 38.0 Å². The fourth-order valence-corrected chi connectivity index (χ4v) is 2.56. The first kappa shape index (κ1) is 10.4. The zero-order valence-corrected chi connectivity index (χ0v) is 10.0. The molecule has 0 aromatic heterocycles. The molecular weight excluding hydrogens is 200 g/mol. The van der Waals surface area contributed by atoms with Crippen molar-refractivity contribution >= 4 is 6.03 Å². The Labute approximate surface area is 97.8 Å². The summed E-state index contributed by atoms with van der Waals surface area (Å²) in [6.07, 6.45) is 7.77. The second-order valence-corrected chi connectivity index (χ2v) is 5.77. The van der Waals surface area contributed by atoms with Crippen LogP contribution in [-0.2, 0) is 0 Å². The van der Waals surface area contributed by atoms with Crippen molar-refractivity contribution in [1.29, 1.82) is 0 Å². The molecule has 3 rings (SSSR count). The van der Waals surface area contributed by atoms with Crippen LogP contribution in [0.4, 0.5) is 4.79 Å². The lowest BCUT2D eigenvalue weighted by Crippen LogP contribution is -2.43. The van der Waals surface area contributed by atoms with Gasteiger partial charge in [-0.3, -0.25) is 0 Å². The van der Waals surface area contributed by atoms with Crippen LogP contribution in [0.5, 0.6) is 0 Å². The quantitative estimate of drug-likeness (QED) is 0.716. The molecule has 3 heteroatoms. The van der Waals surface area contributed by atoms with E-state index in [4.69, 9.17) is 0 Å². The van der Waals surface area contributed by atoms with Gasteiger partial charge in [-0.05, 0) is 50.4 Å². The van der Waals surface area contributed by atoms with E-state index in [0.29, 0.717) is 6.03 Å². The van der Waals surface area contributed by atoms with Gasteiger partial charge in [0.05, 0.1) is 0 Å². The first-order valence-corrected chi connectivity index (χ1v) is 6.87. The van der Waals surface area contributed by atoms with E-state index in [9.17, 15) is 4.79 Å². The van der Waals surface area contributed by atoms with Gasteiger partial charge >= 0.3 is 6.03 Å². The Bertz CT molecular complexity index is 251. The lowest BCUT2D eigenvalue weighted by molar-refractivity contribution is 0.158. The molecule has 0 atom stereocenters. The lowest BCUT2D eigenvalue weighted by Gasteiger charge is -2.28. The van der Waals surface area contributed by atoms with Crippen LogP contribution in [0.15, 0.2) is 0 Å². The summed E-state index contributed by atoms with van der Waals surface area (Å²) in [5.74, 6) is 1.65. The van der Waals surface area contributed by atoms with Crippen LogP contribution in [0.2, 0.25) is 0 Å². The highest BCUT2D eigenvalue weighted by molar-refractivity contribution is 5.74. The number of amides is 2. The fourth-order valence-electron chi connectivity index (χ4n) is 2.56. The Hall–Kier alpha value is -0.730. The van der Waals surface area contributed by atoms with Crippen molar-refractivity contribution in [2.45, 2.75) is 38.5 Å². The van der Waals surface area contributed by atoms with E-state index in [1.165, 1.54) is 38.5 Å². The van der Waals surface area contributed by atoms with E-state index < -0.39 is 0 Å². The van der Waals surface area contributed by atoms with Gasteiger partial charge in [0.2, 0.25) is 0 Å². The normalized spacial score (nSPS) is 24.9. The molecule has 0 bridgehead atoms. The van der Waals surface area contributed by atoms with E-state index in [-0.39, 0.29) is 0 Å². The molecule has 3 nitrogen and oxygen atoms in total. The molecule has 0 aromatic carbocycles. The number of nitrogens with zero attached hydrogens (tertiary/aromatic N) is 2. The average molecular weight is 222 g/mol. The molecule has 16 heavy (non-hydrogen) atoms. The van der Waals surface area contributed by atoms with Crippen molar-refractivity contribution in [2.24, 2.45) is 11.8 Å². The molecule has 0 unspecified atom stereocenters. The average Bonchev–Trinajstić information content (AvgIpc) is 3.20. The lowest BCUT2D eigenvalue weighted by atomic mass is 10.3. The van der Waals surface area contributed by atoms with Gasteiger partial charge in [-0.2, -0.15) is 0 Å². The maximum Gasteiger partial charge on any atom is 0.320 e. The number of carbonyl (C=O) groups is 1. The van der Waals surface area contributed by atoms with Crippen LogP contribution >= 0.6 is 0 Å². The van der Waals surface area contributed by atoms with E-state index in [2.05, 4.69) is 9.80 Å². The molecule has 1 saturated heterocycles. The van der Waals surface area contributed by atoms with E-state index in [1.807, 2.05) is 0 Å². The fraction of sp³-hybridized carbons (Fsp3) is 0.923. The maximum atomic E-state index is 12.3. The number of rotatable bonds is 4. The summed E-state index contributed by atoms with van der Waals surface area (Å²) in [4.78, 5) is 16.5. The summed E-state index contributed by atoms with van der Waals surface area (Å²) in [6, 6.07) is 0.330. The van der Waals surface area contributed by atoms with Gasteiger partial charge < -0.3 is 9.80 Å². The van der Waals surface area contributed by atoms with Gasteiger partial charge in [-0.15, -0.1) is 0 Å². The Morgan fingerprint density at radius 3 is 1.94 bits per heavy atom. The van der Waals surface area contributed by atoms with Gasteiger partial charge in [0.25, 0.3) is 0 Å². The van der Waals surface area contributed by atoms with Crippen molar-refractivity contribution in [3.8, 4) is 0 Å². The van der Waals surface area contributed by atoms with Crippen molar-refractivity contribution in [3.05, 3.63) is 0 Å². The summed E-state index contributed by atoms with van der Waals surface area (Å²) in [7, 11) is 0. The Morgan fingerprint density at radius 2 is 1.50 bits per heavy atom. The van der Waals surface area contributed by atoms with Crippen LogP contribution < -0.4 is 0 Å². The van der Waals surface area contributed by atoms with Gasteiger partial charge in [-0.1, -0.05) is 0 Å². The van der Waals surface area contributed by atoms with Crippen molar-refractivity contribution < 1.29 is 4.79 Å². The van der Waals surface area contributed by atoms with Crippen molar-refractivity contribution in [1.82, 2.24) is 9.80 Å². The Kier molecular flexibility index (Phi) is 2.78. The second kappa shape index (κ2) is 4.27. The smallest absolute Gasteiger partial charge is 0.320 e. The topological polar surface area (TPSA) is 23.6 Å². The number of urea groups is 1. The standard InChI is InChI=1S/C13H22N2O/c16-13(14-7-1-2-8-14)15(9-11-3-4-11)10-12-5-6-12/h11-12H,1-10H2. The molecule has 0 radical (unpaired) electrons. The second-order valence-electron chi connectivity index (χ2n) is 5.77. The molecule has 0 aromatic rings. The number of hydrogen-bond acceptors (Lipinski definition) is 1. The minimum absolute atomic E-state index is 0.330. The third-order valence-electron chi connectivity index (χ3n) is 4.00. The minimum atomic E-state index is 0.330. The Morgan fingerprint density at radius 1 is 1.00 bits per heavy atom. The van der Waals surface area contributed by atoms with Crippen molar-refractivity contribution in [3.63, 3.8) is 0 Å². The molecule has 3 fully saturated rings. The largest absolute Gasteiger partial charge is 0.325 e. The molecule has 2 aliphatic carbocycles. The predicted octanol–water partition coefficient (Wildman–Crippen LogP) is 2.32. The highest BCUT2D eigenvalue weighted by Crippen LogP contribution is 2.34. The number of hydrogen-bond donors (Lipinski definition) is 0. The monoisotopic (exact) mass is 222 g/mol. The number of carbonyl (C=O) groups excluding carboxylic acids is 1. The zero-order chi connectivity index (χ0) is 11.0. The van der Waals surface area contributed by atoms with Crippen LogP contribution in [0.1, 0.15) is 38.5 Å². The van der Waals surface area contributed by atoms with Gasteiger partial charge in [0.1, 0.15) is 0 Å². The molecular formula is C13H22N2O. The molecule has 2 saturated carbocycles. The first-order valence-electron chi connectivity index (χ1n) is 6.87. The van der Waals surface area contributed by atoms with Crippen molar-refractivity contribution in [2.75, 3.05) is 26.2 Å². The summed E-state index contributed by atoms with van der Waals surface area (Å²) < 4.78 is 0. The summed E-state index contributed by atoms with van der Waals surface area (Å²) in [6.45, 7) is 4.05. The van der Waals surface area contributed by atoms with E-state index in [1.54, 1.807) is 0 Å². The highest BCUT2D eigenvalue weighted by Gasteiger charge is 2.33. The minimum Gasteiger partial charge on any atom is -0.325 e. The summed E-state index contributed by atoms with van der Waals surface area (Å²) >= 11 is 0. The van der Waals surface area contributed by atoms with Crippen LogP contribution in [0, 0.1) is 11.8 Å². The van der Waals surface area contributed by atoms with E-state index >= 15 is 0 Å². The summed E-state index contributed by atoms with van der Waals surface area (Å²) in [5.41, 5.74) is 0. The third-order valence-corrected chi connectivity index (χ3v) is 4.00. The molecule has 0 spiro atoms. The molecule has 3 aliphatic rings. The van der Waals surface area contributed by atoms with Crippen LogP contribution in [0.25, 0.3) is 0 Å². The Balaban J connectivity index is 1.57. The van der Waals surface area contributed by atoms with Gasteiger partial charge in [0.15, 0.2) is 0 Å². The molecule has 2 amide bonds. The zero-order valence-electron chi connectivity index (χ0n) is 10.0. The number of likely N-dealkylation sites (tertiary alicyclic amines) is 1. The maximum absolute atomic E-state index is 12.3. The highest BCUT2D eigenvalue weighted by atomic mass is 16.2. The van der Waals surface area contributed by atoms with Gasteiger partial charge in [-0.25, -0.2) is 4.79 Å². The summed E-state index contributed by atoms with van der Waals surface area (Å²) in [5, 5.41) is 0. The predicted molar refractivity (Wildman–Crippen MR) is 63.2 cm³/mol.